The minimum Gasteiger partial charge on any atom is -0.394 e. The van der Waals surface area contributed by atoms with Gasteiger partial charge in [0.05, 0.1) is 65.0 Å². The van der Waals surface area contributed by atoms with Gasteiger partial charge in [0.25, 0.3) is 0 Å². The molecule has 0 aromatic rings. The second-order valence-corrected chi connectivity index (χ2v) is 23.7. The van der Waals surface area contributed by atoms with Gasteiger partial charge in [0.2, 0.25) is 11.8 Å². The second kappa shape index (κ2) is 34.7. The Morgan fingerprint density at radius 1 is 0.394 bits per heavy atom. The van der Waals surface area contributed by atoms with E-state index in [9.17, 15) is 132 Å². The van der Waals surface area contributed by atoms with Crippen LogP contribution in [0.15, 0.2) is 0 Å². The van der Waals surface area contributed by atoms with E-state index in [-0.39, 0.29) is 0 Å². The maximum atomic E-state index is 12.9. The average molecular weight is 1380 g/mol. The Morgan fingerprint density at radius 2 is 0.766 bits per heavy atom. The fraction of sp³-hybridized carbons (Fsp3) is 0.962. The van der Waals surface area contributed by atoms with Crippen molar-refractivity contribution >= 4 is 11.8 Å². The van der Waals surface area contributed by atoms with E-state index >= 15 is 0 Å². The van der Waals surface area contributed by atoms with Gasteiger partial charge in [-0.15, -0.1) is 0 Å². The van der Waals surface area contributed by atoms with Crippen LogP contribution in [0.5, 0.6) is 0 Å². The maximum absolute atomic E-state index is 12.9. The van der Waals surface area contributed by atoms with Crippen molar-refractivity contribution in [3.8, 4) is 0 Å². The van der Waals surface area contributed by atoms with Crippen LogP contribution in [0.2, 0.25) is 0 Å². The Bertz CT molecular complexity index is 2310. The minimum atomic E-state index is -2.41. The van der Waals surface area contributed by atoms with Gasteiger partial charge in [-0.25, -0.2) is 0 Å². The Morgan fingerprint density at radius 3 is 1.21 bits per heavy atom. The number of carbonyl (C=O) groups is 2. The third kappa shape index (κ3) is 17.8. The van der Waals surface area contributed by atoms with Gasteiger partial charge in [0.1, 0.15) is 183 Å². The van der Waals surface area contributed by atoms with Gasteiger partial charge < -0.3 is 200 Å². The van der Waals surface area contributed by atoms with Crippen molar-refractivity contribution in [1.82, 2.24) is 10.6 Å². The number of carbonyl (C=O) groups excluding carboxylic acids is 2. The SMILES string of the molecule is CC(=O)N[C@@H](CO)[C@@H](O)[C@H](OC1O[C@H](CO)[C@@H](OC2O[C@H](COC3O[C@H](COC4O[C@H](CO)[C@@H](O)[C@H](O)[C@@H]4O)[C@@H](O)[C@H](OC4O[C@H](CO)[C@@H](O)[C@H](O)[C@@H]4O)[C@@H]3O)[C@@H](O)[C@H](OC3O[C@H](CO)[C@@H](O)[C@H](O)[C@@H]3O)[C@@H]2O)[C@H](O)[C@H]1NC(C)=O)[C@H](O)COC1O[C@@H](C)[C@@H](O)[C@@H](O)[C@@H]1O. The van der Waals surface area contributed by atoms with Gasteiger partial charge in [-0.3, -0.25) is 9.59 Å². The Hall–Kier alpha value is -2.58. The zero-order chi connectivity index (χ0) is 69.6. The summed E-state index contributed by atoms with van der Waals surface area (Å²) in [5.74, 6) is -1.78. The molecule has 26 N–H and O–H groups in total. The fourth-order valence-corrected chi connectivity index (χ4v) is 11.5. The summed E-state index contributed by atoms with van der Waals surface area (Å²) in [5, 5.41) is 265. The molecule has 0 radical (unpaired) electrons. The lowest BCUT2D eigenvalue weighted by atomic mass is 9.94. The smallest absolute Gasteiger partial charge is 0.217 e. The molecule has 0 aromatic heterocycles. The summed E-state index contributed by atoms with van der Waals surface area (Å²) in [5.41, 5.74) is 0. The molecule has 94 heavy (non-hydrogen) atoms. The van der Waals surface area contributed by atoms with Crippen molar-refractivity contribution < 1.29 is 198 Å². The largest absolute Gasteiger partial charge is 0.394 e. The van der Waals surface area contributed by atoms with Crippen LogP contribution in [0, 0.1) is 0 Å². The van der Waals surface area contributed by atoms with Crippen molar-refractivity contribution in [2.24, 2.45) is 0 Å². The summed E-state index contributed by atoms with van der Waals surface area (Å²) in [4.78, 5) is 25.1. The fourth-order valence-electron chi connectivity index (χ4n) is 11.5. The number of ether oxygens (including phenoxy) is 14. The number of rotatable bonds is 27. The molecular formula is C52H90N2O40. The molecule has 7 heterocycles. The van der Waals surface area contributed by atoms with Crippen molar-refractivity contribution in [1.29, 1.82) is 0 Å². The lowest BCUT2D eigenvalue weighted by molar-refractivity contribution is -0.386. The molecule has 7 fully saturated rings. The third-order valence-electron chi connectivity index (χ3n) is 17.0. The summed E-state index contributed by atoms with van der Waals surface area (Å²) >= 11 is 0. The first-order chi connectivity index (χ1) is 44.3. The van der Waals surface area contributed by atoms with Crippen molar-refractivity contribution in [2.75, 3.05) is 52.9 Å². The van der Waals surface area contributed by atoms with E-state index in [1.54, 1.807) is 0 Å². The van der Waals surface area contributed by atoms with Gasteiger partial charge >= 0.3 is 0 Å². The molecule has 2 amide bonds. The number of nitrogens with one attached hydrogen (secondary N) is 2. The van der Waals surface area contributed by atoms with Crippen LogP contribution in [-0.4, -0.2) is 426 Å². The highest BCUT2D eigenvalue weighted by Gasteiger charge is 2.58. The molecule has 548 valence electrons. The number of amides is 2. The maximum Gasteiger partial charge on any atom is 0.217 e. The third-order valence-corrected chi connectivity index (χ3v) is 17.0. The summed E-state index contributed by atoms with van der Waals surface area (Å²) < 4.78 is 80.1. The summed E-state index contributed by atoms with van der Waals surface area (Å²) in [6.07, 6.45) is -74.3. The number of aliphatic hydroxyl groups excluding tert-OH is 24. The van der Waals surface area contributed by atoms with Gasteiger partial charge in [-0.2, -0.15) is 0 Å². The van der Waals surface area contributed by atoms with Crippen LogP contribution < -0.4 is 10.6 Å². The predicted molar refractivity (Wildman–Crippen MR) is 288 cm³/mol. The van der Waals surface area contributed by atoms with E-state index < -0.39 is 304 Å². The van der Waals surface area contributed by atoms with Crippen LogP contribution in [0.1, 0.15) is 20.8 Å². The number of hydrogen-bond acceptors (Lipinski definition) is 40. The molecule has 0 aliphatic carbocycles. The highest BCUT2D eigenvalue weighted by Crippen LogP contribution is 2.37. The van der Waals surface area contributed by atoms with Gasteiger partial charge in [0.15, 0.2) is 44.0 Å². The molecule has 0 aromatic carbocycles. The van der Waals surface area contributed by atoms with Crippen LogP contribution in [0.4, 0.5) is 0 Å². The summed E-state index contributed by atoms with van der Waals surface area (Å²) in [7, 11) is 0. The molecule has 0 spiro atoms. The van der Waals surface area contributed by atoms with Crippen molar-refractivity contribution in [3.05, 3.63) is 0 Å². The van der Waals surface area contributed by atoms with Gasteiger partial charge in [-0.05, 0) is 6.92 Å². The van der Waals surface area contributed by atoms with E-state index in [4.69, 9.17) is 66.3 Å². The van der Waals surface area contributed by atoms with E-state index in [1.807, 2.05) is 0 Å². The molecule has 7 aliphatic rings. The molecular weight excluding hydrogens is 1290 g/mol. The van der Waals surface area contributed by atoms with Crippen molar-refractivity contribution in [3.63, 3.8) is 0 Å². The molecule has 42 heteroatoms. The van der Waals surface area contributed by atoms with Crippen LogP contribution in [0.25, 0.3) is 0 Å². The minimum absolute atomic E-state index is 0.821. The van der Waals surface area contributed by atoms with Crippen LogP contribution in [0.3, 0.4) is 0 Å². The highest BCUT2D eigenvalue weighted by atomic mass is 16.8. The Balaban J connectivity index is 1.18. The lowest BCUT2D eigenvalue weighted by Gasteiger charge is -2.50. The van der Waals surface area contributed by atoms with Crippen LogP contribution in [-0.2, 0) is 75.9 Å². The van der Waals surface area contributed by atoms with E-state index in [2.05, 4.69) is 10.6 Å². The molecule has 7 unspecified atom stereocenters. The summed E-state index contributed by atoms with van der Waals surface area (Å²) in [6, 6.07) is -3.64. The highest BCUT2D eigenvalue weighted by molar-refractivity contribution is 5.73. The number of hydrogen-bond donors (Lipinski definition) is 26. The first kappa shape index (κ1) is 78.8. The Kier molecular flexibility index (Phi) is 29.0. The molecule has 39 atom stereocenters. The van der Waals surface area contributed by atoms with Crippen molar-refractivity contribution in [2.45, 2.75) is 260 Å². The van der Waals surface area contributed by atoms with E-state index in [0.29, 0.717) is 0 Å². The monoisotopic (exact) mass is 1380 g/mol. The van der Waals surface area contributed by atoms with Gasteiger partial charge in [-0.1, -0.05) is 0 Å². The van der Waals surface area contributed by atoms with E-state index in [0.717, 1.165) is 13.8 Å². The number of aliphatic hydroxyl groups is 24. The topological polar surface area (TPSA) is 673 Å². The zero-order valence-electron chi connectivity index (χ0n) is 50.4. The molecule has 7 rings (SSSR count). The summed E-state index contributed by atoms with van der Waals surface area (Å²) in [6.45, 7) is -4.94. The van der Waals surface area contributed by atoms with E-state index in [1.165, 1.54) is 6.92 Å². The molecule has 42 nitrogen and oxygen atoms in total. The van der Waals surface area contributed by atoms with Gasteiger partial charge in [0, 0.05) is 13.8 Å². The quantitative estimate of drug-likeness (QED) is 0.0363. The normalized spacial score (nSPS) is 47.7. The first-order valence-electron chi connectivity index (χ1n) is 29.9. The first-order valence-corrected chi connectivity index (χ1v) is 29.9. The predicted octanol–water partition coefficient (Wildman–Crippen LogP) is -17.5. The Labute approximate surface area is 532 Å². The molecule has 7 aliphatic heterocycles. The zero-order valence-corrected chi connectivity index (χ0v) is 50.4. The molecule has 0 bridgehead atoms. The molecule has 7 saturated heterocycles. The second-order valence-electron chi connectivity index (χ2n) is 23.7. The standard InChI is InChI=1S/C52H90N2O40/c1-12-24(63)32(71)36(75)47(84-12)81-9-16(62)42(25(64)15(4-55)53-13(2)60)91-46-23(54-14(3)61)31(70)43(20(8-59)88-46)92-52-41(80)45(94-51-39(78)35(74)28(67)19(7-58)87-51)30(69)22(90-52)11-83-49-40(79)44(93-50-38(77)34(73)27(66)18(6-57)86-50)29(68)21(89-49)10-82-48-37(76)33(72)26(65)17(5-56)85-48/h12,15-52,55-59,62-80H,4-11H2,1-3H3,(H,53,60)(H,54,61)/t12-,15-,16+,17+,18+,19+,20+,21+,22+,23+,24+,25+,26+,27+,28+,29+,30+,31+,32+,33-,34-,35-,36-,37-,38-,39-,40-,41-,42+,43+,44-,45-,46?,47?,48?,49?,50?,51?,52?/m0/s1. The van der Waals surface area contributed by atoms with Crippen LogP contribution >= 0.6 is 0 Å². The lowest BCUT2D eigenvalue weighted by Crippen LogP contribution is -2.69. The molecule has 0 saturated carbocycles. The average Bonchev–Trinajstić information content (AvgIpc) is 0.782.